The Morgan fingerprint density at radius 2 is 1.90 bits per heavy atom. The molecule has 0 unspecified atom stereocenters. The summed E-state index contributed by atoms with van der Waals surface area (Å²) in [5.74, 6) is 2.97. The molecule has 0 atom stereocenters. The Balaban J connectivity index is 0.00000320. The Morgan fingerprint density at radius 1 is 1.10 bits per heavy atom. The molecule has 0 saturated carbocycles. The normalized spacial score (nSPS) is 10.9. The number of aliphatic imine (C=N–C) groups is 1. The summed E-state index contributed by atoms with van der Waals surface area (Å²) in [6.07, 6.45) is 0. The van der Waals surface area contributed by atoms with Gasteiger partial charge in [0.15, 0.2) is 5.96 Å². The topological polar surface area (TPSA) is 93.8 Å². The van der Waals surface area contributed by atoms with E-state index in [1.165, 1.54) is 0 Å². The number of guanidine groups is 1. The lowest BCUT2D eigenvalue weighted by Crippen LogP contribution is -2.36. The SMILES string of the molecule is CN=C(NCc1nc(-c2cccc(Cl)c2)no1)NCc1ccc(OC)cc1OC.I. The minimum atomic E-state index is 0. The lowest BCUT2D eigenvalue weighted by atomic mass is 10.2. The minimum Gasteiger partial charge on any atom is -0.497 e. The summed E-state index contributed by atoms with van der Waals surface area (Å²) in [6, 6.07) is 12.9. The first-order chi connectivity index (χ1) is 14.1. The zero-order valence-electron chi connectivity index (χ0n) is 16.8. The number of hydrogen-bond acceptors (Lipinski definition) is 6. The maximum atomic E-state index is 6.01. The molecule has 1 heterocycles. The molecule has 0 spiro atoms. The van der Waals surface area contributed by atoms with E-state index < -0.39 is 0 Å². The number of methoxy groups -OCH3 is 2. The van der Waals surface area contributed by atoms with E-state index in [2.05, 4.69) is 25.8 Å². The first kappa shape index (κ1) is 23.7. The predicted molar refractivity (Wildman–Crippen MR) is 127 cm³/mol. The van der Waals surface area contributed by atoms with E-state index >= 15 is 0 Å². The van der Waals surface area contributed by atoms with Crippen molar-refractivity contribution in [2.75, 3.05) is 21.3 Å². The van der Waals surface area contributed by atoms with Crippen LogP contribution in [0.2, 0.25) is 5.02 Å². The third-order valence-corrected chi connectivity index (χ3v) is 4.36. The molecule has 0 saturated heterocycles. The number of rotatable bonds is 7. The molecule has 0 fully saturated rings. The summed E-state index contributed by atoms with van der Waals surface area (Å²) in [7, 11) is 4.93. The second-order valence-electron chi connectivity index (χ2n) is 5.98. The Bertz CT molecular complexity index is 996. The lowest BCUT2D eigenvalue weighted by molar-refractivity contribution is 0.375. The lowest BCUT2D eigenvalue weighted by Gasteiger charge is -2.13. The molecule has 10 heteroatoms. The second kappa shape index (κ2) is 11.6. The van der Waals surface area contributed by atoms with Crippen molar-refractivity contribution in [3.8, 4) is 22.9 Å². The zero-order chi connectivity index (χ0) is 20.6. The Hall–Kier alpha value is -2.53. The summed E-state index contributed by atoms with van der Waals surface area (Å²) in [5, 5.41) is 11.0. The molecule has 0 radical (unpaired) electrons. The molecule has 0 aliphatic rings. The highest BCUT2D eigenvalue weighted by Gasteiger charge is 2.10. The molecular formula is C20H23ClIN5O3. The zero-order valence-corrected chi connectivity index (χ0v) is 19.9. The summed E-state index contributed by atoms with van der Waals surface area (Å²) in [6.45, 7) is 0.845. The number of halogens is 2. The number of nitrogens with one attached hydrogen (secondary N) is 2. The minimum absolute atomic E-state index is 0. The number of nitrogens with zero attached hydrogens (tertiary/aromatic N) is 3. The summed E-state index contributed by atoms with van der Waals surface area (Å²) in [5.41, 5.74) is 1.76. The van der Waals surface area contributed by atoms with Crippen LogP contribution in [0.4, 0.5) is 0 Å². The van der Waals surface area contributed by atoms with Gasteiger partial charge in [-0.15, -0.1) is 24.0 Å². The van der Waals surface area contributed by atoms with Gasteiger partial charge in [-0.25, -0.2) is 0 Å². The maximum absolute atomic E-state index is 6.01. The molecule has 0 aliphatic heterocycles. The molecule has 160 valence electrons. The Morgan fingerprint density at radius 3 is 2.60 bits per heavy atom. The smallest absolute Gasteiger partial charge is 0.246 e. The average Bonchev–Trinajstić information content (AvgIpc) is 3.23. The van der Waals surface area contributed by atoms with Crippen molar-refractivity contribution in [1.82, 2.24) is 20.8 Å². The van der Waals surface area contributed by atoms with E-state index in [0.29, 0.717) is 35.8 Å². The van der Waals surface area contributed by atoms with Gasteiger partial charge >= 0.3 is 0 Å². The second-order valence-corrected chi connectivity index (χ2v) is 6.42. The van der Waals surface area contributed by atoms with Gasteiger partial charge in [-0.1, -0.05) is 28.9 Å². The van der Waals surface area contributed by atoms with Crippen molar-refractivity contribution in [3.05, 3.63) is 58.9 Å². The van der Waals surface area contributed by atoms with Crippen LogP contribution in [0.1, 0.15) is 11.5 Å². The van der Waals surface area contributed by atoms with Gasteiger partial charge in [0.2, 0.25) is 11.7 Å². The molecule has 1 aromatic heterocycles. The fourth-order valence-corrected chi connectivity index (χ4v) is 2.82. The fourth-order valence-electron chi connectivity index (χ4n) is 2.63. The van der Waals surface area contributed by atoms with Crippen molar-refractivity contribution in [1.29, 1.82) is 0 Å². The van der Waals surface area contributed by atoms with E-state index in [1.807, 2.05) is 30.3 Å². The van der Waals surface area contributed by atoms with Gasteiger partial charge in [0.05, 0.1) is 20.8 Å². The highest BCUT2D eigenvalue weighted by atomic mass is 127. The standard InChI is InChI=1S/C20H22ClN5O3.HI/c1-22-20(23-11-14-7-8-16(27-2)10-17(14)28-3)24-12-18-25-19(26-29-18)13-5-4-6-15(21)9-13;/h4-10H,11-12H2,1-3H3,(H2,22,23,24);1H. The van der Waals surface area contributed by atoms with E-state index in [0.717, 1.165) is 22.6 Å². The van der Waals surface area contributed by atoms with E-state index in [1.54, 1.807) is 33.4 Å². The maximum Gasteiger partial charge on any atom is 0.246 e. The fraction of sp³-hybridized carbons (Fsp3) is 0.250. The number of aromatic nitrogens is 2. The van der Waals surface area contributed by atoms with Crippen LogP contribution in [0.15, 0.2) is 52.0 Å². The monoisotopic (exact) mass is 543 g/mol. The molecule has 0 aliphatic carbocycles. The summed E-state index contributed by atoms with van der Waals surface area (Å²) >= 11 is 6.01. The van der Waals surface area contributed by atoms with Crippen molar-refractivity contribution < 1.29 is 14.0 Å². The third-order valence-electron chi connectivity index (χ3n) is 4.12. The molecule has 2 aromatic carbocycles. The van der Waals surface area contributed by atoms with Crippen LogP contribution in [0, 0.1) is 0 Å². The molecule has 0 bridgehead atoms. The van der Waals surface area contributed by atoms with Crippen LogP contribution in [0.25, 0.3) is 11.4 Å². The molecule has 3 rings (SSSR count). The molecule has 8 nitrogen and oxygen atoms in total. The molecular weight excluding hydrogens is 521 g/mol. The quantitative estimate of drug-likeness (QED) is 0.265. The van der Waals surface area contributed by atoms with Gasteiger partial charge in [0.1, 0.15) is 11.5 Å². The number of benzene rings is 2. The van der Waals surface area contributed by atoms with Gasteiger partial charge in [-0.05, 0) is 24.3 Å². The van der Waals surface area contributed by atoms with Crippen molar-refractivity contribution in [3.63, 3.8) is 0 Å². The van der Waals surface area contributed by atoms with Crippen LogP contribution >= 0.6 is 35.6 Å². The van der Waals surface area contributed by atoms with Gasteiger partial charge in [-0.2, -0.15) is 4.98 Å². The molecule has 3 aromatic rings. The Kier molecular flexibility index (Phi) is 9.18. The third kappa shape index (κ3) is 6.23. The van der Waals surface area contributed by atoms with E-state index in [-0.39, 0.29) is 24.0 Å². The van der Waals surface area contributed by atoms with Gasteiger partial charge in [0, 0.05) is 35.8 Å². The van der Waals surface area contributed by atoms with Gasteiger partial charge < -0.3 is 24.6 Å². The average molecular weight is 544 g/mol. The van der Waals surface area contributed by atoms with Crippen molar-refractivity contribution >= 4 is 41.5 Å². The van der Waals surface area contributed by atoms with Crippen molar-refractivity contribution in [2.45, 2.75) is 13.1 Å². The first-order valence-electron chi connectivity index (χ1n) is 8.87. The van der Waals surface area contributed by atoms with Crippen molar-refractivity contribution in [2.24, 2.45) is 4.99 Å². The summed E-state index contributed by atoms with van der Waals surface area (Å²) in [4.78, 5) is 8.58. The summed E-state index contributed by atoms with van der Waals surface area (Å²) < 4.78 is 15.9. The van der Waals surface area contributed by atoms with E-state index in [4.69, 9.17) is 25.6 Å². The van der Waals surface area contributed by atoms with Crippen LogP contribution in [0.5, 0.6) is 11.5 Å². The Labute approximate surface area is 197 Å². The van der Waals surface area contributed by atoms with E-state index in [9.17, 15) is 0 Å². The largest absolute Gasteiger partial charge is 0.497 e. The first-order valence-corrected chi connectivity index (χ1v) is 9.24. The number of hydrogen-bond donors (Lipinski definition) is 2. The van der Waals surface area contributed by atoms with Crippen LogP contribution < -0.4 is 20.1 Å². The van der Waals surface area contributed by atoms with Gasteiger partial charge in [-0.3, -0.25) is 4.99 Å². The number of ether oxygens (including phenoxy) is 2. The highest BCUT2D eigenvalue weighted by Crippen LogP contribution is 2.24. The van der Waals surface area contributed by atoms with Gasteiger partial charge in [0.25, 0.3) is 0 Å². The molecule has 2 N–H and O–H groups in total. The molecule has 0 amide bonds. The molecule has 30 heavy (non-hydrogen) atoms. The highest BCUT2D eigenvalue weighted by molar-refractivity contribution is 14.0. The van der Waals surface area contributed by atoms with Crippen LogP contribution in [-0.4, -0.2) is 37.4 Å². The van der Waals surface area contributed by atoms with Crippen LogP contribution in [-0.2, 0) is 13.1 Å². The predicted octanol–water partition coefficient (Wildman–Crippen LogP) is 3.89. The van der Waals surface area contributed by atoms with Crippen LogP contribution in [0.3, 0.4) is 0 Å².